The van der Waals surface area contributed by atoms with Crippen molar-refractivity contribution in [3.8, 4) is 17.2 Å². The number of hydrogen-bond acceptors (Lipinski definition) is 4. The van der Waals surface area contributed by atoms with E-state index in [4.69, 9.17) is 9.47 Å². The molecule has 2 aromatic carbocycles. The summed E-state index contributed by atoms with van der Waals surface area (Å²) in [7, 11) is 3.40. The summed E-state index contributed by atoms with van der Waals surface area (Å²) < 4.78 is 40.0. The van der Waals surface area contributed by atoms with Crippen molar-refractivity contribution < 1.29 is 23.0 Å². The summed E-state index contributed by atoms with van der Waals surface area (Å²) >= 11 is 0. The predicted molar refractivity (Wildman–Crippen MR) is 92.6 cm³/mol. The van der Waals surface area contributed by atoms with Crippen LogP contribution in [-0.2, 0) is 6.54 Å². The van der Waals surface area contributed by atoms with Crippen molar-refractivity contribution in [2.24, 2.45) is 0 Å². The lowest BCUT2D eigenvalue weighted by molar-refractivity contribution is -0.0512. The number of hydrogen-bond donors (Lipinski definition) is 0. The van der Waals surface area contributed by atoms with Crippen molar-refractivity contribution in [1.29, 1.82) is 0 Å². The smallest absolute Gasteiger partial charge is 0.387 e. The van der Waals surface area contributed by atoms with Crippen molar-refractivity contribution in [2.75, 3.05) is 27.3 Å². The SMILES string of the molecule is COc1cc(CN(C)CCOc2cccc(C)c2)ccc1OC(F)F. The van der Waals surface area contributed by atoms with Gasteiger partial charge in [0.05, 0.1) is 7.11 Å². The van der Waals surface area contributed by atoms with Crippen LogP contribution in [0.25, 0.3) is 0 Å². The molecule has 0 saturated heterocycles. The van der Waals surface area contributed by atoms with Gasteiger partial charge in [-0.25, -0.2) is 0 Å². The van der Waals surface area contributed by atoms with E-state index in [0.29, 0.717) is 18.9 Å². The Morgan fingerprint density at radius 3 is 2.56 bits per heavy atom. The van der Waals surface area contributed by atoms with Gasteiger partial charge >= 0.3 is 6.61 Å². The van der Waals surface area contributed by atoms with E-state index in [9.17, 15) is 8.78 Å². The number of halogens is 2. The minimum atomic E-state index is -2.87. The van der Waals surface area contributed by atoms with Crippen molar-refractivity contribution >= 4 is 0 Å². The Kier molecular flexibility index (Phi) is 7.01. The molecule has 0 aromatic heterocycles. The summed E-state index contributed by atoms with van der Waals surface area (Å²) in [4.78, 5) is 2.08. The lowest BCUT2D eigenvalue weighted by atomic mass is 10.2. The molecule has 0 aliphatic rings. The van der Waals surface area contributed by atoms with Crippen LogP contribution >= 0.6 is 0 Å². The maximum Gasteiger partial charge on any atom is 0.387 e. The second-order valence-electron chi connectivity index (χ2n) is 5.77. The lowest BCUT2D eigenvalue weighted by Gasteiger charge is -2.18. The van der Waals surface area contributed by atoms with Crippen LogP contribution in [0, 0.1) is 6.92 Å². The van der Waals surface area contributed by atoms with E-state index in [1.165, 1.54) is 13.2 Å². The third-order valence-corrected chi connectivity index (χ3v) is 3.63. The van der Waals surface area contributed by atoms with E-state index in [2.05, 4.69) is 9.64 Å². The molecular formula is C19H23F2NO3. The highest BCUT2D eigenvalue weighted by Gasteiger charge is 2.11. The Morgan fingerprint density at radius 1 is 1.08 bits per heavy atom. The number of methoxy groups -OCH3 is 1. The van der Waals surface area contributed by atoms with Crippen LogP contribution in [-0.4, -0.2) is 38.8 Å². The number of benzene rings is 2. The van der Waals surface area contributed by atoms with E-state index in [-0.39, 0.29) is 5.75 Å². The Morgan fingerprint density at radius 2 is 1.88 bits per heavy atom. The maximum atomic E-state index is 12.4. The van der Waals surface area contributed by atoms with Gasteiger partial charge in [-0.15, -0.1) is 0 Å². The molecule has 0 aliphatic carbocycles. The van der Waals surface area contributed by atoms with Gasteiger partial charge in [0.15, 0.2) is 11.5 Å². The van der Waals surface area contributed by atoms with E-state index in [1.54, 1.807) is 12.1 Å². The number of likely N-dealkylation sites (N-methyl/N-ethyl adjacent to an activating group) is 1. The zero-order valence-corrected chi connectivity index (χ0v) is 14.7. The van der Waals surface area contributed by atoms with E-state index >= 15 is 0 Å². The zero-order chi connectivity index (χ0) is 18.2. The van der Waals surface area contributed by atoms with Crippen molar-refractivity contribution in [3.63, 3.8) is 0 Å². The van der Waals surface area contributed by atoms with Crippen molar-refractivity contribution in [3.05, 3.63) is 53.6 Å². The number of aryl methyl sites for hydroxylation is 1. The van der Waals surface area contributed by atoms with Gasteiger partial charge in [0.2, 0.25) is 0 Å². The third kappa shape index (κ3) is 6.23. The van der Waals surface area contributed by atoms with Gasteiger partial charge in [0, 0.05) is 13.1 Å². The van der Waals surface area contributed by atoms with Crippen LogP contribution in [0.5, 0.6) is 17.2 Å². The molecule has 0 atom stereocenters. The van der Waals surface area contributed by atoms with E-state index in [1.807, 2.05) is 38.2 Å². The molecule has 136 valence electrons. The first-order chi connectivity index (χ1) is 12.0. The van der Waals surface area contributed by atoms with Gasteiger partial charge in [-0.05, 0) is 49.4 Å². The summed E-state index contributed by atoms with van der Waals surface area (Å²) in [6.45, 7) is 1.08. The highest BCUT2D eigenvalue weighted by atomic mass is 19.3. The monoisotopic (exact) mass is 351 g/mol. The molecule has 0 radical (unpaired) electrons. The van der Waals surface area contributed by atoms with Crippen molar-refractivity contribution in [1.82, 2.24) is 4.90 Å². The summed E-state index contributed by atoms with van der Waals surface area (Å²) in [5, 5.41) is 0. The summed E-state index contributed by atoms with van der Waals surface area (Å²) in [6.07, 6.45) is 0. The molecule has 6 heteroatoms. The van der Waals surface area contributed by atoms with Gasteiger partial charge in [0.25, 0.3) is 0 Å². The molecule has 0 bridgehead atoms. The fourth-order valence-corrected chi connectivity index (χ4v) is 2.42. The third-order valence-electron chi connectivity index (χ3n) is 3.63. The minimum Gasteiger partial charge on any atom is -0.493 e. The molecule has 0 amide bonds. The van der Waals surface area contributed by atoms with Crippen LogP contribution in [0.3, 0.4) is 0 Å². The molecule has 2 aromatic rings. The highest BCUT2D eigenvalue weighted by molar-refractivity contribution is 5.43. The topological polar surface area (TPSA) is 30.9 Å². The molecule has 0 aliphatic heterocycles. The van der Waals surface area contributed by atoms with Crippen LogP contribution in [0.4, 0.5) is 8.78 Å². The van der Waals surface area contributed by atoms with Gasteiger partial charge in [-0.1, -0.05) is 18.2 Å². The van der Waals surface area contributed by atoms with Crippen LogP contribution in [0.15, 0.2) is 42.5 Å². The standard InChI is InChI=1S/C19H23F2NO3/c1-14-5-4-6-16(11-14)24-10-9-22(2)13-15-7-8-17(25-19(20)21)18(12-15)23-3/h4-8,11-12,19H,9-10,13H2,1-3H3. The van der Waals surface area contributed by atoms with Crippen LogP contribution in [0.2, 0.25) is 0 Å². The normalized spacial score (nSPS) is 11.0. The Hall–Kier alpha value is -2.34. The molecular weight excluding hydrogens is 328 g/mol. The lowest BCUT2D eigenvalue weighted by Crippen LogP contribution is -2.23. The van der Waals surface area contributed by atoms with Gasteiger partial charge in [0.1, 0.15) is 12.4 Å². The van der Waals surface area contributed by atoms with Crippen LogP contribution < -0.4 is 14.2 Å². The quantitative estimate of drug-likeness (QED) is 0.680. The summed E-state index contributed by atoms with van der Waals surface area (Å²) in [5.41, 5.74) is 2.10. The first kappa shape index (κ1) is 19.0. The first-order valence-electron chi connectivity index (χ1n) is 7.97. The average molecular weight is 351 g/mol. The molecule has 0 N–H and O–H groups in total. The molecule has 0 unspecified atom stereocenters. The molecule has 0 saturated carbocycles. The van der Waals surface area contributed by atoms with Crippen LogP contribution in [0.1, 0.15) is 11.1 Å². The second-order valence-corrected chi connectivity index (χ2v) is 5.77. The number of nitrogens with zero attached hydrogens (tertiary/aromatic N) is 1. The first-order valence-corrected chi connectivity index (χ1v) is 7.97. The predicted octanol–water partition coefficient (Wildman–Crippen LogP) is 4.12. The Labute approximate surface area is 146 Å². The van der Waals surface area contributed by atoms with E-state index < -0.39 is 6.61 Å². The van der Waals surface area contributed by atoms with Gasteiger partial charge in [-0.2, -0.15) is 8.78 Å². The second kappa shape index (κ2) is 9.22. The number of ether oxygens (including phenoxy) is 3. The minimum absolute atomic E-state index is 0.0340. The average Bonchev–Trinajstić information content (AvgIpc) is 2.56. The molecule has 0 fully saturated rings. The fourth-order valence-electron chi connectivity index (χ4n) is 2.42. The Balaban J connectivity index is 1.86. The number of rotatable bonds is 9. The summed E-state index contributed by atoms with van der Waals surface area (Å²) in [6, 6.07) is 12.9. The van der Waals surface area contributed by atoms with Gasteiger partial charge < -0.3 is 14.2 Å². The summed E-state index contributed by atoms with van der Waals surface area (Å²) in [5.74, 6) is 1.18. The molecule has 4 nitrogen and oxygen atoms in total. The van der Waals surface area contributed by atoms with Crippen molar-refractivity contribution in [2.45, 2.75) is 20.1 Å². The van der Waals surface area contributed by atoms with Gasteiger partial charge in [-0.3, -0.25) is 4.90 Å². The largest absolute Gasteiger partial charge is 0.493 e. The fraction of sp³-hybridized carbons (Fsp3) is 0.368. The van der Waals surface area contributed by atoms with E-state index in [0.717, 1.165) is 23.4 Å². The highest BCUT2D eigenvalue weighted by Crippen LogP contribution is 2.29. The number of alkyl halides is 2. The molecule has 2 rings (SSSR count). The zero-order valence-electron chi connectivity index (χ0n) is 14.7. The Bertz CT molecular complexity index is 679. The molecule has 0 spiro atoms. The molecule has 0 heterocycles. The maximum absolute atomic E-state index is 12.4. The molecule has 25 heavy (non-hydrogen) atoms.